The van der Waals surface area contributed by atoms with E-state index in [0.717, 1.165) is 0 Å². The molecule has 0 aliphatic rings. The number of nitrogens with two attached hydrogens (primary N) is 1. The van der Waals surface area contributed by atoms with Crippen molar-refractivity contribution in [2.45, 2.75) is 24.3 Å². The summed E-state index contributed by atoms with van der Waals surface area (Å²) >= 11 is 11.7. The molecule has 0 bridgehead atoms. The van der Waals surface area contributed by atoms with Crippen LogP contribution in [0.15, 0.2) is 17.0 Å². The number of nitrogen functional groups attached to an aromatic ring is 1. The van der Waals surface area contributed by atoms with E-state index in [2.05, 4.69) is 4.72 Å². The van der Waals surface area contributed by atoms with Gasteiger partial charge in [-0.1, -0.05) is 23.2 Å². The lowest BCUT2D eigenvalue weighted by atomic mass is 10.3. The van der Waals surface area contributed by atoms with Gasteiger partial charge in [-0.25, -0.2) is 13.1 Å². The highest BCUT2D eigenvalue weighted by Crippen LogP contribution is 2.31. The van der Waals surface area contributed by atoms with Crippen LogP contribution in [0.25, 0.3) is 0 Å². The largest absolute Gasteiger partial charge is 0.399 e. The van der Waals surface area contributed by atoms with Gasteiger partial charge in [0.05, 0.1) is 16.1 Å². The zero-order chi connectivity index (χ0) is 13.9. The summed E-state index contributed by atoms with van der Waals surface area (Å²) in [6, 6.07) is 2.63. The maximum atomic E-state index is 12.0. The van der Waals surface area contributed by atoms with E-state index >= 15 is 0 Å². The number of hydrogen-bond acceptors (Lipinski definition) is 4. The number of halogens is 2. The second-order valence-electron chi connectivity index (χ2n) is 3.85. The SMILES string of the molecule is CC(O)CCNS(=O)(=O)c1c(Cl)cc(N)cc1Cl. The van der Waals surface area contributed by atoms with Gasteiger partial charge in [0.1, 0.15) is 4.90 Å². The molecule has 0 spiro atoms. The number of aliphatic hydroxyl groups excluding tert-OH is 1. The summed E-state index contributed by atoms with van der Waals surface area (Å²) in [5, 5.41) is 8.99. The number of hydrogen-bond donors (Lipinski definition) is 3. The van der Waals surface area contributed by atoms with Crippen molar-refractivity contribution in [3.05, 3.63) is 22.2 Å². The standard InChI is InChI=1S/C10H14Cl2N2O3S/c1-6(15)2-3-14-18(16,17)10-8(11)4-7(13)5-9(10)12/h4-6,14-15H,2-3,13H2,1H3. The van der Waals surface area contributed by atoms with E-state index in [9.17, 15) is 8.42 Å². The predicted molar refractivity (Wildman–Crippen MR) is 72.4 cm³/mol. The summed E-state index contributed by atoms with van der Waals surface area (Å²) in [7, 11) is -3.81. The van der Waals surface area contributed by atoms with Gasteiger partial charge in [-0.15, -0.1) is 0 Å². The summed E-state index contributed by atoms with van der Waals surface area (Å²) in [5.74, 6) is 0. The second kappa shape index (κ2) is 6.08. The van der Waals surface area contributed by atoms with Gasteiger partial charge in [0.25, 0.3) is 0 Å². The maximum absolute atomic E-state index is 12.0. The van der Waals surface area contributed by atoms with E-state index in [-0.39, 0.29) is 27.2 Å². The minimum Gasteiger partial charge on any atom is -0.399 e. The van der Waals surface area contributed by atoms with Crippen molar-refractivity contribution >= 4 is 38.9 Å². The molecular weight excluding hydrogens is 299 g/mol. The second-order valence-corrected chi connectivity index (χ2v) is 6.37. The molecule has 1 aromatic rings. The zero-order valence-corrected chi connectivity index (χ0v) is 12.0. The van der Waals surface area contributed by atoms with Gasteiger partial charge in [-0.2, -0.15) is 0 Å². The maximum Gasteiger partial charge on any atom is 0.243 e. The Morgan fingerprint density at radius 2 is 1.89 bits per heavy atom. The molecule has 1 unspecified atom stereocenters. The first-order valence-electron chi connectivity index (χ1n) is 5.16. The average molecular weight is 313 g/mol. The molecule has 5 nitrogen and oxygen atoms in total. The first kappa shape index (κ1) is 15.5. The van der Waals surface area contributed by atoms with E-state index in [1.807, 2.05) is 0 Å². The predicted octanol–water partition coefficient (Wildman–Crippen LogP) is 1.62. The van der Waals surface area contributed by atoms with Gasteiger partial charge in [-0.3, -0.25) is 0 Å². The number of benzene rings is 1. The van der Waals surface area contributed by atoms with E-state index < -0.39 is 16.1 Å². The summed E-state index contributed by atoms with van der Waals surface area (Å²) in [6.45, 7) is 1.66. The molecular formula is C10H14Cl2N2O3S. The van der Waals surface area contributed by atoms with Gasteiger partial charge >= 0.3 is 0 Å². The summed E-state index contributed by atoms with van der Waals surface area (Å²) in [4.78, 5) is -0.203. The summed E-state index contributed by atoms with van der Waals surface area (Å²) in [6.07, 6.45) is -0.297. The molecule has 18 heavy (non-hydrogen) atoms. The molecule has 0 saturated heterocycles. The van der Waals surface area contributed by atoms with E-state index in [0.29, 0.717) is 6.42 Å². The first-order valence-corrected chi connectivity index (χ1v) is 7.40. The highest BCUT2D eigenvalue weighted by atomic mass is 35.5. The fourth-order valence-electron chi connectivity index (χ4n) is 1.31. The molecule has 0 aromatic heterocycles. The Hall–Kier alpha value is -0.530. The summed E-state index contributed by atoms with van der Waals surface area (Å²) in [5.41, 5.74) is 5.78. The number of anilines is 1. The van der Waals surface area contributed by atoms with E-state index in [1.165, 1.54) is 12.1 Å². The third kappa shape index (κ3) is 4.00. The number of aliphatic hydroxyl groups is 1. The monoisotopic (exact) mass is 312 g/mol. The van der Waals surface area contributed by atoms with Gasteiger partial charge in [0.2, 0.25) is 10.0 Å². The molecule has 0 heterocycles. The Morgan fingerprint density at radius 1 is 1.39 bits per heavy atom. The van der Waals surface area contributed by atoms with Crippen molar-refractivity contribution in [3.63, 3.8) is 0 Å². The van der Waals surface area contributed by atoms with Crippen LogP contribution in [0, 0.1) is 0 Å². The Morgan fingerprint density at radius 3 is 2.33 bits per heavy atom. The molecule has 0 radical (unpaired) electrons. The summed E-state index contributed by atoms with van der Waals surface area (Å²) < 4.78 is 26.2. The van der Waals surface area contributed by atoms with Gasteiger partial charge in [0.15, 0.2) is 0 Å². The Kier molecular flexibility index (Phi) is 5.24. The lowest BCUT2D eigenvalue weighted by molar-refractivity contribution is 0.186. The van der Waals surface area contributed by atoms with Crippen LogP contribution in [0.4, 0.5) is 5.69 Å². The third-order valence-electron chi connectivity index (χ3n) is 2.14. The lowest BCUT2D eigenvalue weighted by Gasteiger charge is -2.11. The van der Waals surface area contributed by atoms with Crippen LogP contribution in [-0.2, 0) is 10.0 Å². The van der Waals surface area contributed by atoms with Gasteiger partial charge in [-0.05, 0) is 25.5 Å². The molecule has 0 fully saturated rings. The van der Waals surface area contributed by atoms with Crippen LogP contribution < -0.4 is 10.5 Å². The number of nitrogens with one attached hydrogen (secondary N) is 1. The molecule has 0 aliphatic carbocycles. The van der Waals surface area contributed by atoms with Gasteiger partial charge in [0, 0.05) is 12.2 Å². The normalized spacial score (nSPS) is 13.6. The van der Waals surface area contributed by atoms with Crippen molar-refractivity contribution in [3.8, 4) is 0 Å². The van der Waals surface area contributed by atoms with Crippen molar-refractivity contribution in [1.29, 1.82) is 0 Å². The molecule has 0 amide bonds. The van der Waals surface area contributed by atoms with Crippen molar-refractivity contribution < 1.29 is 13.5 Å². The van der Waals surface area contributed by atoms with Crippen LogP contribution in [0.1, 0.15) is 13.3 Å². The Balaban J connectivity index is 2.99. The molecule has 1 atom stereocenters. The molecule has 8 heteroatoms. The highest BCUT2D eigenvalue weighted by molar-refractivity contribution is 7.89. The van der Waals surface area contributed by atoms with Crippen LogP contribution in [0.3, 0.4) is 0 Å². The Labute approximate surface area is 116 Å². The third-order valence-corrected chi connectivity index (χ3v) is 4.53. The van der Waals surface area contributed by atoms with Crippen LogP contribution in [-0.4, -0.2) is 26.2 Å². The van der Waals surface area contributed by atoms with Crippen LogP contribution in [0.5, 0.6) is 0 Å². The fraction of sp³-hybridized carbons (Fsp3) is 0.400. The molecule has 0 aliphatic heterocycles. The number of rotatable bonds is 5. The molecule has 1 aromatic carbocycles. The lowest BCUT2D eigenvalue weighted by Crippen LogP contribution is -2.27. The zero-order valence-electron chi connectivity index (χ0n) is 9.65. The first-order chi connectivity index (χ1) is 8.24. The molecule has 0 saturated carbocycles. The molecule has 102 valence electrons. The fourth-order valence-corrected chi connectivity index (χ4v) is 3.59. The van der Waals surface area contributed by atoms with Crippen molar-refractivity contribution in [1.82, 2.24) is 4.72 Å². The van der Waals surface area contributed by atoms with Crippen LogP contribution >= 0.6 is 23.2 Å². The van der Waals surface area contributed by atoms with Gasteiger partial charge < -0.3 is 10.8 Å². The number of sulfonamides is 1. The molecule has 4 N–H and O–H groups in total. The van der Waals surface area contributed by atoms with Crippen molar-refractivity contribution in [2.24, 2.45) is 0 Å². The minimum atomic E-state index is -3.81. The van der Waals surface area contributed by atoms with E-state index in [1.54, 1.807) is 6.92 Å². The average Bonchev–Trinajstić information content (AvgIpc) is 2.13. The minimum absolute atomic E-state index is 0.0375. The molecule has 1 rings (SSSR count). The van der Waals surface area contributed by atoms with E-state index in [4.69, 9.17) is 34.0 Å². The van der Waals surface area contributed by atoms with Crippen LogP contribution in [0.2, 0.25) is 10.0 Å². The van der Waals surface area contributed by atoms with Crippen molar-refractivity contribution in [2.75, 3.05) is 12.3 Å². The topological polar surface area (TPSA) is 92.4 Å². The highest BCUT2D eigenvalue weighted by Gasteiger charge is 2.21. The smallest absolute Gasteiger partial charge is 0.243 e. The Bertz CT molecular complexity index is 509. The quantitative estimate of drug-likeness (QED) is 0.720.